The van der Waals surface area contributed by atoms with Crippen molar-refractivity contribution < 1.29 is 9.26 Å². The third-order valence-corrected chi connectivity index (χ3v) is 4.05. The standard InChI is InChI=1S/C17H20N4O2/c1-13-19-17(20-23-13)16-4-2-9-21(16)10-3-11-22-15-7-5-14(12-18)6-8-15/h5-8,16H,2-4,9-11H2,1H3. The van der Waals surface area contributed by atoms with E-state index in [4.69, 9.17) is 14.5 Å². The second-order valence-electron chi connectivity index (χ2n) is 5.70. The summed E-state index contributed by atoms with van der Waals surface area (Å²) in [5.41, 5.74) is 0.646. The van der Waals surface area contributed by atoms with Gasteiger partial charge in [0, 0.05) is 13.5 Å². The van der Waals surface area contributed by atoms with Gasteiger partial charge in [0.2, 0.25) is 5.89 Å². The summed E-state index contributed by atoms with van der Waals surface area (Å²) in [5.74, 6) is 2.22. The van der Waals surface area contributed by atoms with Crippen molar-refractivity contribution in [2.45, 2.75) is 32.2 Å². The SMILES string of the molecule is Cc1nc(C2CCCN2CCCOc2ccc(C#N)cc2)no1. The van der Waals surface area contributed by atoms with Crippen molar-refractivity contribution in [3.05, 3.63) is 41.5 Å². The Morgan fingerprint density at radius 1 is 1.39 bits per heavy atom. The zero-order valence-corrected chi connectivity index (χ0v) is 13.2. The number of benzene rings is 1. The largest absolute Gasteiger partial charge is 0.494 e. The summed E-state index contributed by atoms with van der Waals surface area (Å²) < 4.78 is 10.8. The van der Waals surface area contributed by atoms with Gasteiger partial charge < -0.3 is 9.26 Å². The van der Waals surface area contributed by atoms with Crippen LogP contribution in [0.25, 0.3) is 0 Å². The summed E-state index contributed by atoms with van der Waals surface area (Å²) in [4.78, 5) is 6.75. The molecule has 0 N–H and O–H groups in total. The molecule has 0 radical (unpaired) electrons. The van der Waals surface area contributed by atoms with Gasteiger partial charge in [-0.25, -0.2) is 0 Å². The molecule has 1 aliphatic rings. The van der Waals surface area contributed by atoms with Crippen molar-refractivity contribution in [1.82, 2.24) is 15.0 Å². The van der Waals surface area contributed by atoms with E-state index in [1.54, 1.807) is 12.1 Å². The highest BCUT2D eigenvalue weighted by atomic mass is 16.5. The van der Waals surface area contributed by atoms with Crippen LogP contribution in [0.1, 0.15) is 42.6 Å². The number of ether oxygens (including phenoxy) is 1. The Labute approximate surface area is 135 Å². The molecule has 0 bridgehead atoms. The highest BCUT2D eigenvalue weighted by Gasteiger charge is 2.29. The van der Waals surface area contributed by atoms with E-state index in [2.05, 4.69) is 21.1 Å². The lowest BCUT2D eigenvalue weighted by Gasteiger charge is -2.21. The van der Waals surface area contributed by atoms with Gasteiger partial charge in [0.05, 0.1) is 24.3 Å². The van der Waals surface area contributed by atoms with Crippen LogP contribution in [0, 0.1) is 18.3 Å². The van der Waals surface area contributed by atoms with Crippen LogP contribution in [0.5, 0.6) is 5.75 Å². The molecule has 0 amide bonds. The molecule has 0 aliphatic carbocycles. The monoisotopic (exact) mass is 312 g/mol. The van der Waals surface area contributed by atoms with E-state index in [0.717, 1.165) is 43.9 Å². The van der Waals surface area contributed by atoms with Gasteiger partial charge in [0.25, 0.3) is 0 Å². The summed E-state index contributed by atoms with van der Waals surface area (Å²) >= 11 is 0. The molecule has 0 spiro atoms. The van der Waals surface area contributed by atoms with Crippen molar-refractivity contribution in [1.29, 1.82) is 5.26 Å². The third-order valence-electron chi connectivity index (χ3n) is 4.05. The molecule has 6 heteroatoms. The van der Waals surface area contributed by atoms with Crippen molar-refractivity contribution in [3.8, 4) is 11.8 Å². The number of hydrogen-bond donors (Lipinski definition) is 0. The van der Waals surface area contributed by atoms with Crippen molar-refractivity contribution in [3.63, 3.8) is 0 Å². The number of nitriles is 1. The van der Waals surface area contributed by atoms with Gasteiger partial charge in [-0.2, -0.15) is 10.2 Å². The lowest BCUT2D eigenvalue weighted by Crippen LogP contribution is -2.26. The maximum atomic E-state index is 8.77. The number of likely N-dealkylation sites (tertiary alicyclic amines) is 1. The smallest absolute Gasteiger partial charge is 0.223 e. The van der Waals surface area contributed by atoms with E-state index in [1.165, 1.54) is 0 Å². The molecule has 3 rings (SSSR count). The van der Waals surface area contributed by atoms with Crippen LogP contribution in [0.4, 0.5) is 0 Å². The van der Waals surface area contributed by atoms with Gasteiger partial charge in [-0.1, -0.05) is 5.16 Å². The van der Waals surface area contributed by atoms with E-state index < -0.39 is 0 Å². The quantitative estimate of drug-likeness (QED) is 0.763. The molecule has 1 fully saturated rings. The Hall–Kier alpha value is -2.39. The first kappa shape index (κ1) is 15.5. The number of aryl methyl sites for hydroxylation is 1. The maximum absolute atomic E-state index is 8.77. The van der Waals surface area contributed by atoms with E-state index >= 15 is 0 Å². The summed E-state index contributed by atoms with van der Waals surface area (Å²) in [6.07, 6.45) is 3.18. The van der Waals surface area contributed by atoms with Crippen LogP contribution in [-0.4, -0.2) is 34.7 Å². The third kappa shape index (κ3) is 3.88. The molecule has 1 atom stereocenters. The second-order valence-corrected chi connectivity index (χ2v) is 5.70. The fourth-order valence-corrected chi connectivity index (χ4v) is 2.92. The molecular weight excluding hydrogens is 292 g/mol. The fourth-order valence-electron chi connectivity index (χ4n) is 2.92. The molecule has 1 aromatic heterocycles. The van der Waals surface area contributed by atoms with E-state index in [1.807, 2.05) is 19.1 Å². The summed E-state index contributed by atoms with van der Waals surface area (Å²) in [5, 5.41) is 12.8. The van der Waals surface area contributed by atoms with Gasteiger partial charge in [-0.05, 0) is 50.1 Å². The summed E-state index contributed by atoms with van der Waals surface area (Å²) in [7, 11) is 0. The van der Waals surface area contributed by atoms with E-state index in [0.29, 0.717) is 18.1 Å². The topological polar surface area (TPSA) is 75.2 Å². The Balaban J connectivity index is 1.45. The van der Waals surface area contributed by atoms with E-state index in [-0.39, 0.29) is 6.04 Å². The molecule has 1 unspecified atom stereocenters. The molecule has 0 saturated carbocycles. The van der Waals surface area contributed by atoms with Gasteiger partial charge in [-0.15, -0.1) is 0 Å². The zero-order chi connectivity index (χ0) is 16.1. The Morgan fingerprint density at radius 2 is 2.22 bits per heavy atom. The summed E-state index contributed by atoms with van der Waals surface area (Å²) in [6.45, 7) is 4.49. The van der Waals surface area contributed by atoms with Crippen LogP contribution in [0.3, 0.4) is 0 Å². The first-order chi connectivity index (χ1) is 11.3. The highest BCUT2D eigenvalue weighted by molar-refractivity contribution is 5.34. The first-order valence-corrected chi connectivity index (χ1v) is 7.93. The predicted molar refractivity (Wildman–Crippen MR) is 83.9 cm³/mol. The Kier molecular flexibility index (Phi) is 4.89. The fraction of sp³-hybridized carbons (Fsp3) is 0.471. The average Bonchev–Trinajstić information content (AvgIpc) is 3.20. The molecule has 23 heavy (non-hydrogen) atoms. The predicted octanol–water partition coefficient (Wildman–Crippen LogP) is 2.86. The molecule has 1 aliphatic heterocycles. The first-order valence-electron chi connectivity index (χ1n) is 7.93. The minimum Gasteiger partial charge on any atom is -0.494 e. The zero-order valence-electron chi connectivity index (χ0n) is 13.2. The van der Waals surface area contributed by atoms with Crippen LogP contribution in [0.2, 0.25) is 0 Å². The van der Waals surface area contributed by atoms with Crippen molar-refractivity contribution in [2.24, 2.45) is 0 Å². The molecule has 2 heterocycles. The van der Waals surface area contributed by atoms with Gasteiger partial charge >= 0.3 is 0 Å². The summed E-state index contributed by atoms with van der Waals surface area (Å²) in [6, 6.07) is 9.57. The van der Waals surface area contributed by atoms with Crippen LogP contribution < -0.4 is 4.74 Å². The Bertz CT molecular complexity index is 675. The molecule has 1 aromatic carbocycles. The van der Waals surface area contributed by atoms with Crippen molar-refractivity contribution in [2.75, 3.05) is 19.7 Å². The number of hydrogen-bond acceptors (Lipinski definition) is 6. The molecule has 120 valence electrons. The van der Waals surface area contributed by atoms with Crippen LogP contribution in [-0.2, 0) is 0 Å². The molecular formula is C17H20N4O2. The highest BCUT2D eigenvalue weighted by Crippen LogP contribution is 2.29. The average molecular weight is 312 g/mol. The minimum atomic E-state index is 0.266. The lowest BCUT2D eigenvalue weighted by atomic mass is 10.2. The Morgan fingerprint density at radius 3 is 2.91 bits per heavy atom. The lowest BCUT2D eigenvalue weighted by molar-refractivity contribution is 0.214. The number of nitrogens with zero attached hydrogens (tertiary/aromatic N) is 4. The van der Waals surface area contributed by atoms with Gasteiger partial charge in [0.15, 0.2) is 5.82 Å². The minimum absolute atomic E-state index is 0.266. The van der Waals surface area contributed by atoms with Crippen LogP contribution >= 0.6 is 0 Å². The number of aromatic nitrogens is 2. The van der Waals surface area contributed by atoms with Crippen molar-refractivity contribution >= 4 is 0 Å². The van der Waals surface area contributed by atoms with Crippen LogP contribution in [0.15, 0.2) is 28.8 Å². The second kappa shape index (κ2) is 7.25. The van der Waals surface area contributed by atoms with Gasteiger partial charge in [0.1, 0.15) is 5.75 Å². The molecule has 1 saturated heterocycles. The normalized spacial score (nSPS) is 18.0. The molecule has 2 aromatic rings. The van der Waals surface area contributed by atoms with E-state index in [9.17, 15) is 0 Å². The van der Waals surface area contributed by atoms with Gasteiger partial charge in [-0.3, -0.25) is 4.90 Å². The molecule has 6 nitrogen and oxygen atoms in total. The number of rotatable bonds is 6. The maximum Gasteiger partial charge on any atom is 0.223 e.